The minimum Gasteiger partial charge on any atom is -0.475 e. The van der Waals surface area contributed by atoms with Crippen molar-refractivity contribution in [3.05, 3.63) is 0 Å². The van der Waals surface area contributed by atoms with E-state index >= 15 is 0 Å². The van der Waals surface area contributed by atoms with Crippen molar-refractivity contribution in [1.29, 1.82) is 5.41 Å². The first-order valence-corrected chi connectivity index (χ1v) is 4.52. The van der Waals surface area contributed by atoms with E-state index in [1.807, 2.05) is 0 Å². The molecule has 3 nitrogen and oxygen atoms in total. The third-order valence-electron chi connectivity index (χ3n) is 2.52. The maximum atomic E-state index is 7.48. The highest BCUT2D eigenvalue weighted by molar-refractivity contribution is 5.94. The van der Waals surface area contributed by atoms with Crippen molar-refractivity contribution in [2.24, 2.45) is 10.9 Å². The van der Waals surface area contributed by atoms with Gasteiger partial charge in [0.1, 0.15) is 6.61 Å². The van der Waals surface area contributed by atoms with Gasteiger partial charge in [-0.05, 0) is 26.2 Å². The van der Waals surface area contributed by atoms with Crippen LogP contribution in [0.3, 0.4) is 0 Å². The second kappa shape index (κ2) is 2.88. The smallest absolute Gasteiger partial charge is 0.187 e. The second-order valence-electron chi connectivity index (χ2n) is 3.69. The molecule has 1 fully saturated rings. The molecule has 3 heteroatoms. The van der Waals surface area contributed by atoms with Crippen LogP contribution in [0.25, 0.3) is 0 Å². The van der Waals surface area contributed by atoms with Crippen LogP contribution in [0.2, 0.25) is 0 Å². The number of aliphatic imine (C=N–C) groups is 1. The minimum absolute atomic E-state index is 0.419. The van der Waals surface area contributed by atoms with Gasteiger partial charge >= 0.3 is 0 Å². The average Bonchev–Trinajstić information content (AvgIpc) is 2.05. The topological polar surface area (TPSA) is 45.4 Å². The maximum Gasteiger partial charge on any atom is 0.187 e. The summed E-state index contributed by atoms with van der Waals surface area (Å²) in [5, 5.41) is 7.48. The van der Waals surface area contributed by atoms with Gasteiger partial charge in [0.25, 0.3) is 0 Å². The summed E-state index contributed by atoms with van der Waals surface area (Å²) in [7, 11) is 0. The van der Waals surface area contributed by atoms with Crippen LogP contribution in [0.1, 0.15) is 26.2 Å². The second-order valence-corrected chi connectivity index (χ2v) is 3.69. The molecule has 0 bridgehead atoms. The highest BCUT2D eigenvalue weighted by Gasteiger charge is 2.28. The Morgan fingerprint density at radius 2 is 2.33 bits per heavy atom. The summed E-state index contributed by atoms with van der Waals surface area (Å²) < 4.78 is 5.39. The molecule has 0 aliphatic carbocycles. The van der Waals surface area contributed by atoms with Crippen molar-refractivity contribution in [2.75, 3.05) is 6.61 Å². The first-order chi connectivity index (χ1) is 5.75. The molecule has 0 aromatic rings. The number of hydrogen-bond acceptors (Lipinski definition) is 3. The highest BCUT2D eigenvalue weighted by Crippen LogP contribution is 2.25. The molecule has 0 amide bonds. The third kappa shape index (κ3) is 1.36. The first-order valence-electron chi connectivity index (χ1n) is 4.52. The van der Waals surface area contributed by atoms with Crippen LogP contribution in [0, 0.1) is 11.3 Å². The van der Waals surface area contributed by atoms with Crippen LogP contribution in [0.4, 0.5) is 0 Å². The zero-order chi connectivity index (χ0) is 8.55. The third-order valence-corrected chi connectivity index (χ3v) is 2.52. The molecule has 2 aliphatic heterocycles. The van der Waals surface area contributed by atoms with Gasteiger partial charge in [-0.2, -0.15) is 0 Å². The lowest BCUT2D eigenvalue weighted by Gasteiger charge is -2.30. The molecule has 0 spiro atoms. The van der Waals surface area contributed by atoms with Gasteiger partial charge < -0.3 is 10.1 Å². The van der Waals surface area contributed by atoms with Crippen molar-refractivity contribution in [3.63, 3.8) is 0 Å². The average molecular weight is 166 g/mol. The Bertz CT molecular complexity index is 235. The van der Waals surface area contributed by atoms with E-state index < -0.39 is 0 Å². The summed E-state index contributed by atoms with van der Waals surface area (Å²) in [6, 6.07) is 0.420. The van der Waals surface area contributed by atoms with E-state index in [-0.39, 0.29) is 0 Å². The fourth-order valence-electron chi connectivity index (χ4n) is 1.81. The predicted molar refractivity (Wildman–Crippen MR) is 47.9 cm³/mol. The molecule has 1 N–H and O–H groups in total. The normalized spacial score (nSPS) is 35.1. The van der Waals surface area contributed by atoms with Gasteiger partial charge in [0.2, 0.25) is 0 Å². The quantitative estimate of drug-likeness (QED) is 0.584. The van der Waals surface area contributed by atoms with Crippen molar-refractivity contribution in [3.8, 4) is 0 Å². The summed E-state index contributed by atoms with van der Waals surface area (Å²) in [4.78, 5) is 4.44. The Kier molecular flexibility index (Phi) is 1.87. The SMILES string of the molecule is CC1CCC2CC(=N)COC2=N1. The molecule has 0 aromatic carbocycles. The van der Waals surface area contributed by atoms with Crippen LogP contribution in [-0.4, -0.2) is 24.3 Å². The first kappa shape index (κ1) is 7.77. The summed E-state index contributed by atoms with van der Waals surface area (Å²) >= 11 is 0. The van der Waals surface area contributed by atoms with Crippen molar-refractivity contribution in [1.82, 2.24) is 0 Å². The number of rotatable bonds is 0. The van der Waals surface area contributed by atoms with Crippen molar-refractivity contribution < 1.29 is 4.74 Å². The minimum atomic E-state index is 0.419. The van der Waals surface area contributed by atoms with Gasteiger partial charge in [0, 0.05) is 11.6 Å². The molecule has 66 valence electrons. The molecule has 0 aromatic heterocycles. The molecule has 12 heavy (non-hydrogen) atoms. The van der Waals surface area contributed by atoms with Gasteiger partial charge in [-0.15, -0.1) is 0 Å². The van der Waals surface area contributed by atoms with E-state index in [2.05, 4.69) is 11.9 Å². The summed E-state index contributed by atoms with van der Waals surface area (Å²) in [5.74, 6) is 1.33. The molecule has 0 saturated carbocycles. The Morgan fingerprint density at radius 3 is 3.17 bits per heavy atom. The van der Waals surface area contributed by atoms with E-state index in [0.717, 1.165) is 25.2 Å². The summed E-state index contributed by atoms with van der Waals surface area (Å²) in [6.07, 6.45) is 3.15. The number of fused-ring (bicyclic) bond motifs is 1. The summed E-state index contributed by atoms with van der Waals surface area (Å²) in [5.41, 5.74) is 0.716. The van der Waals surface area contributed by atoms with E-state index in [4.69, 9.17) is 10.1 Å². The number of ether oxygens (including phenoxy) is 1. The van der Waals surface area contributed by atoms with Crippen LogP contribution in [-0.2, 0) is 4.74 Å². The molecule has 1 saturated heterocycles. The Balaban J connectivity index is 2.13. The number of nitrogens with one attached hydrogen (secondary N) is 1. The van der Waals surface area contributed by atoms with E-state index in [9.17, 15) is 0 Å². The lowest BCUT2D eigenvalue weighted by atomic mass is 9.90. The van der Waals surface area contributed by atoms with E-state index in [1.54, 1.807) is 0 Å². The number of nitrogens with zero attached hydrogens (tertiary/aromatic N) is 1. The zero-order valence-electron chi connectivity index (χ0n) is 7.34. The van der Waals surface area contributed by atoms with E-state index in [1.165, 1.54) is 0 Å². The van der Waals surface area contributed by atoms with Crippen LogP contribution >= 0.6 is 0 Å². The molecule has 2 heterocycles. The van der Waals surface area contributed by atoms with Crippen LogP contribution < -0.4 is 0 Å². The fourth-order valence-corrected chi connectivity index (χ4v) is 1.81. The lowest BCUT2D eigenvalue weighted by Crippen LogP contribution is -2.34. The van der Waals surface area contributed by atoms with Gasteiger partial charge in [0.05, 0.1) is 6.04 Å². The highest BCUT2D eigenvalue weighted by atomic mass is 16.5. The zero-order valence-corrected chi connectivity index (χ0v) is 7.34. The number of hydrogen-bond donors (Lipinski definition) is 1. The van der Waals surface area contributed by atoms with Crippen molar-refractivity contribution in [2.45, 2.75) is 32.2 Å². The Morgan fingerprint density at radius 1 is 1.50 bits per heavy atom. The van der Waals surface area contributed by atoms with Crippen LogP contribution in [0.5, 0.6) is 0 Å². The largest absolute Gasteiger partial charge is 0.475 e. The Labute approximate surface area is 72.3 Å². The van der Waals surface area contributed by atoms with Gasteiger partial charge in [-0.25, -0.2) is 0 Å². The van der Waals surface area contributed by atoms with Gasteiger partial charge in [-0.1, -0.05) is 0 Å². The van der Waals surface area contributed by atoms with Gasteiger partial charge in [-0.3, -0.25) is 4.99 Å². The van der Waals surface area contributed by atoms with Crippen molar-refractivity contribution >= 4 is 11.6 Å². The monoisotopic (exact) mass is 166 g/mol. The molecular weight excluding hydrogens is 152 g/mol. The standard InChI is InChI=1S/C9H14N2O/c1-6-2-3-7-4-8(10)5-12-9(7)11-6/h6-7,10H,2-5H2,1H3. The summed E-state index contributed by atoms with van der Waals surface area (Å²) in [6.45, 7) is 2.58. The fraction of sp³-hybridized carbons (Fsp3) is 0.778. The van der Waals surface area contributed by atoms with Crippen LogP contribution in [0.15, 0.2) is 4.99 Å². The molecule has 2 atom stereocenters. The molecule has 2 rings (SSSR count). The molecule has 2 unspecified atom stereocenters. The Hall–Kier alpha value is -0.860. The van der Waals surface area contributed by atoms with E-state index in [0.29, 0.717) is 24.3 Å². The predicted octanol–water partition coefficient (Wildman–Crippen LogP) is 1.62. The maximum absolute atomic E-state index is 7.48. The molecular formula is C9H14N2O. The van der Waals surface area contributed by atoms with Gasteiger partial charge in [0.15, 0.2) is 5.90 Å². The lowest BCUT2D eigenvalue weighted by molar-refractivity contribution is 0.284. The molecule has 0 radical (unpaired) electrons. The molecule has 2 aliphatic rings.